The van der Waals surface area contributed by atoms with Crippen molar-refractivity contribution in [3.63, 3.8) is 0 Å². The van der Waals surface area contributed by atoms with Crippen molar-refractivity contribution in [3.8, 4) is 11.3 Å². The van der Waals surface area contributed by atoms with Gasteiger partial charge in [0, 0.05) is 53.5 Å². The zero-order valence-electron chi connectivity index (χ0n) is 21.3. The lowest BCUT2D eigenvalue weighted by atomic mass is 9.88. The van der Waals surface area contributed by atoms with Gasteiger partial charge < -0.3 is 10.3 Å². The summed E-state index contributed by atoms with van der Waals surface area (Å²) in [5.74, 6) is 0.775. The Kier molecular flexibility index (Phi) is 6.94. The Hall–Kier alpha value is -3.39. The molecule has 0 amide bonds. The summed E-state index contributed by atoms with van der Waals surface area (Å²) in [5.41, 5.74) is 1.45. The summed E-state index contributed by atoms with van der Waals surface area (Å²) < 4.78 is 41.8. The predicted octanol–water partition coefficient (Wildman–Crippen LogP) is 7.31. The second kappa shape index (κ2) is 10.2. The summed E-state index contributed by atoms with van der Waals surface area (Å²) in [7, 11) is 0. The van der Waals surface area contributed by atoms with Gasteiger partial charge >= 0.3 is 6.18 Å². The van der Waals surface area contributed by atoms with Gasteiger partial charge in [0.15, 0.2) is 0 Å². The van der Waals surface area contributed by atoms with Crippen molar-refractivity contribution in [2.45, 2.75) is 57.9 Å². The summed E-state index contributed by atoms with van der Waals surface area (Å²) in [4.78, 5) is 14.1. The zero-order chi connectivity index (χ0) is 26.2. The number of H-pyrrole nitrogens is 1. The fourth-order valence-corrected chi connectivity index (χ4v) is 5.54. The number of likely N-dealkylation sites (tertiary alicyclic amines) is 1. The fourth-order valence-electron chi connectivity index (χ4n) is 5.54. The lowest BCUT2D eigenvalue weighted by Gasteiger charge is -2.45. The minimum Gasteiger partial charge on any atom is -0.360 e. The van der Waals surface area contributed by atoms with Gasteiger partial charge in [-0.2, -0.15) is 13.2 Å². The van der Waals surface area contributed by atoms with Crippen LogP contribution in [0.2, 0.25) is 0 Å². The number of rotatable bonds is 6. The first-order valence-electron chi connectivity index (χ1n) is 12.8. The molecule has 0 spiro atoms. The Morgan fingerprint density at radius 3 is 2.51 bits per heavy atom. The second-order valence-corrected chi connectivity index (χ2v) is 10.2. The predicted molar refractivity (Wildman–Crippen MR) is 141 cm³/mol. The van der Waals surface area contributed by atoms with Crippen molar-refractivity contribution in [1.82, 2.24) is 19.9 Å². The van der Waals surface area contributed by atoms with Crippen molar-refractivity contribution in [3.05, 3.63) is 78.1 Å². The highest BCUT2D eigenvalue weighted by atomic mass is 19.4. The Morgan fingerprint density at radius 1 is 1.03 bits per heavy atom. The highest BCUT2D eigenvalue weighted by molar-refractivity contribution is 5.95. The molecular formula is C29H32F3N5. The number of benzene rings is 2. The number of halogens is 3. The van der Waals surface area contributed by atoms with Gasteiger partial charge in [0.25, 0.3) is 0 Å². The number of aromatic amines is 1. The Bertz CT molecular complexity index is 1350. The number of anilines is 1. The molecule has 2 N–H and O–H groups in total. The number of hydrogen-bond donors (Lipinski definition) is 2. The van der Waals surface area contributed by atoms with Crippen molar-refractivity contribution in [2.24, 2.45) is 5.92 Å². The molecule has 1 aliphatic rings. The van der Waals surface area contributed by atoms with Crippen LogP contribution in [0, 0.1) is 5.92 Å². The largest absolute Gasteiger partial charge is 0.419 e. The third kappa shape index (κ3) is 5.21. The molecule has 1 fully saturated rings. The monoisotopic (exact) mass is 507 g/mol. The lowest BCUT2D eigenvalue weighted by Crippen LogP contribution is -2.51. The number of aromatic nitrogens is 3. The van der Waals surface area contributed by atoms with Crippen LogP contribution < -0.4 is 5.32 Å². The van der Waals surface area contributed by atoms with Crippen LogP contribution in [-0.4, -0.2) is 38.5 Å². The molecule has 194 valence electrons. The number of hydrogen-bond acceptors (Lipinski definition) is 4. The standard InChI is InChI=1S/C29H32F3N5/c1-18-13-14-26(37(17-18)20(3)21-9-5-4-6-10-21)19(2)35-28-34-16-24(29(30,31)32)27(36-28)23-15-33-25-12-8-7-11-22(23)25/h4-12,15-16,18-20,26,33H,13-14,17H2,1-3H3,(H,34,35,36). The molecule has 2 aromatic carbocycles. The average molecular weight is 508 g/mol. The third-order valence-corrected chi connectivity index (χ3v) is 7.56. The third-order valence-electron chi connectivity index (χ3n) is 7.56. The van der Waals surface area contributed by atoms with Crippen molar-refractivity contribution in [1.29, 1.82) is 0 Å². The maximum absolute atomic E-state index is 13.9. The van der Waals surface area contributed by atoms with Gasteiger partial charge in [-0.3, -0.25) is 4.90 Å². The number of fused-ring (bicyclic) bond motifs is 1. The van der Waals surface area contributed by atoms with E-state index in [1.54, 1.807) is 12.3 Å². The topological polar surface area (TPSA) is 56.8 Å². The molecule has 4 aromatic rings. The van der Waals surface area contributed by atoms with Gasteiger partial charge in [-0.25, -0.2) is 9.97 Å². The van der Waals surface area contributed by atoms with E-state index in [1.807, 2.05) is 24.3 Å². The van der Waals surface area contributed by atoms with Crippen LogP contribution in [0.15, 0.2) is 67.0 Å². The average Bonchev–Trinajstić information content (AvgIpc) is 3.32. The van der Waals surface area contributed by atoms with E-state index >= 15 is 0 Å². The maximum Gasteiger partial charge on any atom is 0.419 e. The zero-order valence-corrected chi connectivity index (χ0v) is 21.3. The Balaban J connectivity index is 1.46. The van der Waals surface area contributed by atoms with E-state index in [-0.39, 0.29) is 29.8 Å². The van der Waals surface area contributed by atoms with Gasteiger partial charge in [0.1, 0.15) is 5.56 Å². The maximum atomic E-state index is 13.9. The Morgan fingerprint density at radius 2 is 1.76 bits per heavy atom. The van der Waals surface area contributed by atoms with E-state index in [9.17, 15) is 13.2 Å². The molecule has 1 aliphatic heterocycles. The normalized spacial score (nSPS) is 20.6. The van der Waals surface area contributed by atoms with Crippen LogP contribution in [0.3, 0.4) is 0 Å². The van der Waals surface area contributed by atoms with E-state index in [0.717, 1.165) is 31.1 Å². The summed E-state index contributed by atoms with van der Waals surface area (Å²) in [5, 5.41) is 4.04. The van der Waals surface area contributed by atoms with Crippen LogP contribution in [0.1, 0.15) is 50.8 Å². The van der Waals surface area contributed by atoms with Crippen molar-refractivity contribution in [2.75, 3.05) is 11.9 Å². The number of nitrogens with one attached hydrogen (secondary N) is 2. The van der Waals surface area contributed by atoms with Gasteiger partial charge in [-0.15, -0.1) is 0 Å². The fraction of sp³-hybridized carbons (Fsp3) is 0.379. The number of alkyl halides is 3. The molecule has 5 rings (SSSR count). The van der Waals surface area contributed by atoms with E-state index in [1.165, 1.54) is 5.56 Å². The molecule has 8 heteroatoms. The van der Waals surface area contributed by atoms with E-state index in [4.69, 9.17) is 0 Å². The second-order valence-electron chi connectivity index (χ2n) is 10.2. The molecule has 4 unspecified atom stereocenters. The van der Waals surface area contributed by atoms with Crippen molar-refractivity contribution < 1.29 is 13.2 Å². The molecule has 0 saturated carbocycles. The van der Waals surface area contributed by atoms with Gasteiger partial charge in [-0.05, 0) is 44.2 Å². The molecule has 4 atom stereocenters. The summed E-state index contributed by atoms with van der Waals surface area (Å²) >= 11 is 0. The minimum atomic E-state index is -4.57. The molecular weight excluding hydrogens is 475 g/mol. The van der Waals surface area contributed by atoms with Crippen molar-refractivity contribution >= 4 is 16.9 Å². The van der Waals surface area contributed by atoms with E-state index in [0.29, 0.717) is 16.9 Å². The first-order valence-corrected chi connectivity index (χ1v) is 12.8. The highest BCUT2D eigenvalue weighted by Crippen LogP contribution is 2.39. The molecule has 37 heavy (non-hydrogen) atoms. The van der Waals surface area contributed by atoms with Crippen LogP contribution in [-0.2, 0) is 6.18 Å². The molecule has 1 saturated heterocycles. The quantitative estimate of drug-likeness (QED) is 0.287. The smallest absolute Gasteiger partial charge is 0.360 e. The summed E-state index contributed by atoms with van der Waals surface area (Å²) in [6.45, 7) is 7.52. The van der Waals surface area contributed by atoms with Gasteiger partial charge in [-0.1, -0.05) is 55.5 Å². The first kappa shape index (κ1) is 25.3. The van der Waals surface area contributed by atoms with Crippen LogP contribution in [0.5, 0.6) is 0 Å². The van der Waals surface area contributed by atoms with Crippen LogP contribution in [0.4, 0.5) is 19.1 Å². The lowest BCUT2D eigenvalue weighted by molar-refractivity contribution is -0.137. The van der Waals surface area contributed by atoms with Crippen LogP contribution in [0.25, 0.3) is 22.2 Å². The van der Waals surface area contributed by atoms with E-state index in [2.05, 4.69) is 70.2 Å². The Labute approximate surface area is 215 Å². The number of piperidine rings is 1. The molecule has 2 aromatic heterocycles. The molecule has 0 aliphatic carbocycles. The molecule has 0 bridgehead atoms. The van der Waals surface area contributed by atoms with E-state index < -0.39 is 11.7 Å². The summed E-state index contributed by atoms with van der Waals surface area (Å²) in [6.07, 6.45) is -0.00140. The summed E-state index contributed by atoms with van der Waals surface area (Å²) in [6, 6.07) is 18.0. The number of para-hydroxylation sites is 1. The minimum absolute atomic E-state index is 0.0637. The van der Waals surface area contributed by atoms with Gasteiger partial charge in [0.2, 0.25) is 5.95 Å². The SMILES string of the molecule is CC1CCC(C(C)Nc2ncc(C(F)(F)F)c(-c3c[nH]c4ccccc34)n2)N(C(C)c2ccccc2)C1. The van der Waals surface area contributed by atoms with Crippen LogP contribution >= 0.6 is 0 Å². The highest BCUT2D eigenvalue weighted by Gasteiger charge is 2.37. The van der Waals surface area contributed by atoms with Gasteiger partial charge in [0.05, 0.1) is 5.69 Å². The first-order chi connectivity index (χ1) is 17.7. The molecule has 5 nitrogen and oxygen atoms in total. The molecule has 3 heterocycles. The number of nitrogens with zero attached hydrogens (tertiary/aromatic N) is 3. The molecule has 0 radical (unpaired) electrons.